The van der Waals surface area contributed by atoms with Gasteiger partial charge in [0.05, 0.1) is 15.7 Å². The van der Waals surface area contributed by atoms with Crippen molar-refractivity contribution >= 4 is 29.0 Å². The van der Waals surface area contributed by atoms with Gasteiger partial charge in [0.2, 0.25) is 0 Å². The summed E-state index contributed by atoms with van der Waals surface area (Å²) in [5.74, 6) is 1.58. The van der Waals surface area contributed by atoms with E-state index in [1.807, 2.05) is 12.3 Å². The number of rotatable bonds is 5. The molecular formula is C14H18Cl2N4. The number of nitrogens with one attached hydrogen (secondary N) is 1. The van der Waals surface area contributed by atoms with Crippen LogP contribution in [-0.2, 0) is 0 Å². The van der Waals surface area contributed by atoms with Crippen LogP contribution in [0.1, 0.15) is 38.8 Å². The molecule has 0 aliphatic carbocycles. The van der Waals surface area contributed by atoms with E-state index in [9.17, 15) is 0 Å². The van der Waals surface area contributed by atoms with E-state index in [0.717, 1.165) is 18.7 Å². The van der Waals surface area contributed by atoms with E-state index in [-0.39, 0.29) is 0 Å². The third-order valence-corrected chi connectivity index (χ3v) is 3.44. The molecule has 0 unspecified atom stereocenters. The average molecular weight is 313 g/mol. The zero-order chi connectivity index (χ0) is 14.7. The molecule has 2 aromatic heterocycles. The van der Waals surface area contributed by atoms with Gasteiger partial charge in [0.1, 0.15) is 5.82 Å². The van der Waals surface area contributed by atoms with E-state index in [1.165, 1.54) is 0 Å². The lowest BCUT2D eigenvalue weighted by Gasteiger charge is -2.10. The summed E-state index contributed by atoms with van der Waals surface area (Å²) in [6, 6.07) is 3.66. The SMILES string of the molecule is CCCNc1nc(-n2ccc(C(C)C)n2)c(Cl)cc1Cl. The minimum atomic E-state index is 0.361. The molecule has 0 aliphatic heterocycles. The first kappa shape index (κ1) is 15.1. The Morgan fingerprint density at radius 3 is 2.65 bits per heavy atom. The summed E-state index contributed by atoms with van der Waals surface area (Å²) in [6.07, 6.45) is 2.86. The number of halogens is 2. The van der Waals surface area contributed by atoms with Crippen LogP contribution in [0, 0.1) is 0 Å². The zero-order valence-corrected chi connectivity index (χ0v) is 13.3. The van der Waals surface area contributed by atoms with Gasteiger partial charge in [0.25, 0.3) is 0 Å². The molecule has 0 fully saturated rings. The van der Waals surface area contributed by atoms with E-state index >= 15 is 0 Å². The number of pyridine rings is 1. The van der Waals surface area contributed by atoms with Gasteiger partial charge in [-0.2, -0.15) is 5.10 Å². The largest absolute Gasteiger partial charge is 0.369 e. The maximum Gasteiger partial charge on any atom is 0.174 e. The molecule has 2 rings (SSSR count). The topological polar surface area (TPSA) is 42.7 Å². The molecule has 0 atom stereocenters. The first-order valence-electron chi connectivity index (χ1n) is 6.68. The molecule has 4 nitrogen and oxygen atoms in total. The maximum atomic E-state index is 6.22. The molecule has 20 heavy (non-hydrogen) atoms. The molecule has 0 aromatic carbocycles. The third-order valence-electron chi connectivity index (χ3n) is 2.87. The van der Waals surface area contributed by atoms with Gasteiger partial charge in [0.15, 0.2) is 5.82 Å². The molecule has 0 saturated heterocycles. The maximum absolute atomic E-state index is 6.22. The second-order valence-corrected chi connectivity index (χ2v) is 5.71. The van der Waals surface area contributed by atoms with Crippen molar-refractivity contribution in [2.75, 3.05) is 11.9 Å². The molecule has 6 heteroatoms. The highest BCUT2D eigenvalue weighted by molar-refractivity contribution is 6.36. The predicted molar refractivity (Wildman–Crippen MR) is 84.2 cm³/mol. The summed E-state index contributed by atoms with van der Waals surface area (Å²) in [4.78, 5) is 4.48. The third kappa shape index (κ3) is 3.25. The van der Waals surface area contributed by atoms with Gasteiger partial charge in [0, 0.05) is 12.7 Å². The molecule has 0 amide bonds. The minimum absolute atomic E-state index is 0.361. The quantitative estimate of drug-likeness (QED) is 0.882. The number of nitrogens with zero attached hydrogens (tertiary/aromatic N) is 3. The Bertz CT molecular complexity index is 593. The standard InChI is InChI=1S/C14H18Cl2N4/c1-4-6-17-13-10(15)8-11(16)14(18-13)20-7-5-12(19-20)9(2)3/h5,7-9H,4,6H2,1-3H3,(H,17,18). The molecule has 0 bridgehead atoms. The summed E-state index contributed by atoms with van der Waals surface area (Å²) >= 11 is 12.4. The van der Waals surface area contributed by atoms with Crippen LogP contribution in [0.3, 0.4) is 0 Å². The van der Waals surface area contributed by atoms with Crippen molar-refractivity contribution in [3.63, 3.8) is 0 Å². The zero-order valence-electron chi connectivity index (χ0n) is 11.8. The highest BCUT2D eigenvalue weighted by atomic mass is 35.5. The summed E-state index contributed by atoms with van der Waals surface area (Å²) in [5, 5.41) is 8.68. The smallest absolute Gasteiger partial charge is 0.174 e. The predicted octanol–water partition coefficient (Wildman–Crippen LogP) is 4.52. The number of anilines is 1. The van der Waals surface area contributed by atoms with E-state index in [4.69, 9.17) is 23.2 Å². The molecule has 108 valence electrons. The van der Waals surface area contributed by atoms with Gasteiger partial charge in [-0.05, 0) is 24.5 Å². The van der Waals surface area contributed by atoms with Crippen molar-refractivity contribution in [2.45, 2.75) is 33.1 Å². The highest BCUT2D eigenvalue weighted by Gasteiger charge is 2.13. The van der Waals surface area contributed by atoms with Gasteiger partial charge >= 0.3 is 0 Å². The summed E-state index contributed by atoms with van der Waals surface area (Å²) in [5.41, 5.74) is 1.00. The Hall–Kier alpha value is -1.26. The lowest BCUT2D eigenvalue weighted by molar-refractivity contribution is 0.758. The monoisotopic (exact) mass is 312 g/mol. The van der Waals surface area contributed by atoms with Crippen molar-refractivity contribution in [1.29, 1.82) is 0 Å². The van der Waals surface area contributed by atoms with Crippen molar-refractivity contribution in [1.82, 2.24) is 14.8 Å². The van der Waals surface area contributed by atoms with Crippen molar-refractivity contribution in [3.05, 3.63) is 34.1 Å². The van der Waals surface area contributed by atoms with Gasteiger partial charge in [-0.25, -0.2) is 9.67 Å². The lowest BCUT2D eigenvalue weighted by Crippen LogP contribution is -2.07. The Morgan fingerprint density at radius 1 is 1.30 bits per heavy atom. The number of aromatic nitrogens is 3. The van der Waals surface area contributed by atoms with Gasteiger partial charge in [-0.1, -0.05) is 44.0 Å². The fourth-order valence-electron chi connectivity index (χ4n) is 1.75. The fourth-order valence-corrected chi connectivity index (χ4v) is 2.26. The molecule has 0 radical (unpaired) electrons. The average Bonchev–Trinajstić information content (AvgIpc) is 2.87. The second kappa shape index (κ2) is 6.46. The Kier molecular flexibility index (Phi) is 4.89. The van der Waals surface area contributed by atoms with Crippen LogP contribution in [0.2, 0.25) is 10.0 Å². The Morgan fingerprint density at radius 2 is 2.05 bits per heavy atom. The fraction of sp³-hybridized carbons (Fsp3) is 0.429. The molecule has 0 aliphatic rings. The molecule has 2 heterocycles. The van der Waals surface area contributed by atoms with Gasteiger partial charge in [-0.15, -0.1) is 0 Å². The van der Waals surface area contributed by atoms with Crippen LogP contribution >= 0.6 is 23.2 Å². The number of hydrogen-bond acceptors (Lipinski definition) is 3. The Balaban J connectivity index is 2.39. The number of hydrogen-bond donors (Lipinski definition) is 1. The van der Waals surface area contributed by atoms with Crippen molar-refractivity contribution in [3.8, 4) is 5.82 Å². The van der Waals surface area contributed by atoms with E-state index in [2.05, 4.69) is 36.2 Å². The first-order chi connectivity index (χ1) is 9.52. The molecule has 2 aromatic rings. The van der Waals surface area contributed by atoms with Crippen LogP contribution in [0.5, 0.6) is 0 Å². The van der Waals surface area contributed by atoms with Crippen LogP contribution in [0.25, 0.3) is 5.82 Å². The van der Waals surface area contributed by atoms with Gasteiger partial charge in [-0.3, -0.25) is 0 Å². The van der Waals surface area contributed by atoms with E-state index < -0.39 is 0 Å². The Labute approximate surface area is 129 Å². The van der Waals surface area contributed by atoms with Crippen molar-refractivity contribution in [2.24, 2.45) is 0 Å². The van der Waals surface area contributed by atoms with Crippen LogP contribution in [-0.4, -0.2) is 21.3 Å². The van der Waals surface area contributed by atoms with Crippen LogP contribution in [0.15, 0.2) is 18.3 Å². The lowest BCUT2D eigenvalue weighted by atomic mass is 10.1. The molecule has 0 spiro atoms. The summed E-state index contributed by atoms with van der Waals surface area (Å²) in [6.45, 7) is 7.08. The van der Waals surface area contributed by atoms with Gasteiger partial charge < -0.3 is 5.32 Å². The first-order valence-corrected chi connectivity index (χ1v) is 7.44. The van der Waals surface area contributed by atoms with Crippen LogP contribution < -0.4 is 5.32 Å². The van der Waals surface area contributed by atoms with Crippen LogP contribution in [0.4, 0.5) is 5.82 Å². The molecule has 0 saturated carbocycles. The molecular weight excluding hydrogens is 295 g/mol. The highest BCUT2D eigenvalue weighted by Crippen LogP contribution is 2.28. The minimum Gasteiger partial charge on any atom is -0.369 e. The summed E-state index contributed by atoms with van der Waals surface area (Å²) < 4.78 is 1.69. The normalized spacial score (nSPS) is 11.1. The second-order valence-electron chi connectivity index (χ2n) is 4.89. The van der Waals surface area contributed by atoms with E-state index in [0.29, 0.717) is 27.6 Å². The van der Waals surface area contributed by atoms with Crippen molar-refractivity contribution < 1.29 is 0 Å². The van der Waals surface area contributed by atoms with E-state index in [1.54, 1.807) is 10.7 Å². The molecule has 1 N–H and O–H groups in total. The summed E-state index contributed by atoms with van der Waals surface area (Å²) in [7, 11) is 0.